The number of benzene rings is 1. The van der Waals surface area contributed by atoms with Gasteiger partial charge in [-0.05, 0) is 55.9 Å². The maximum atomic E-state index is 5.34. The fourth-order valence-corrected chi connectivity index (χ4v) is 2.69. The predicted molar refractivity (Wildman–Crippen MR) is 95.0 cm³/mol. The normalized spacial score (nSPS) is 15.7. The molecule has 0 atom stereocenters. The number of hydrogen-bond donors (Lipinski definition) is 2. The molecule has 1 saturated heterocycles. The molecule has 0 unspecified atom stereocenters. The monoisotopic (exact) mass is 371 g/mol. The average molecular weight is 372 g/mol. The lowest BCUT2D eigenvalue weighted by Crippen LogP contribution is -2.38. The Hall–Kier alpha value is -0.690. The van der Waals surface area contributed by atoms with Crippen LogP contribution in [0.1, 0.15) is 12.0 Å². The van der Waals surface area contributed by atoms with Crippen molar-refractivity contribution in [3.05, 3.63) is 28.2 Å². The van der Waals surface area contributed by atoms with Gasteiger partial charge in [-0.15, -0.1) is 0 Å². The van der Waals surface area contributed by atoms with Crippen LogP contribution in [0.15, 0.2) is 22.7 Å². The topological polar surface area (TPSA) is 36.5 Å². The maximum absolute atomic E-state index is 5.34. The van der Waals surface area contributed by atoms with Crippen molar-refractivity contribution in [3.8, 4) is 0 Å². The number of hydrogen-bond acceptors (Lipinski definition) is 3. The molecule has 6 heteroatoms. The summed E-state index contributed by atoms with van der Waals surface area (Å²) in [7, 11) is 0. The SMILES string of the molecule is Cc1cc(NC(=S)NCCCN2CCOCC2)ccc1Br. The molecule has 0 radical (unpaired) electrons. The van der Waals surface area contributed by atoms with Crippen LogP contribution in [0.2, 0.25) is 0 Å². The lowest BCUT2D eigenvalue weighted by Gasteiger charge is -2.26. The summed E-state index contributed by atoms with van der Waals surface area (Å²) in [6.07, 6.45) is 1.08. The molecule has 4 nitrogen and oxygen atoms in total. The number of halogens is 1. The Labute approximate surface area is 140 Å². The van der Waals surface area contributed by atoms with Gasteiger partial charge in [0.15, 0.2) is 5.11 Å². The fourth-order valence-electron chi connectivity index (χ4n) is 2.23. The minimum Gasteiger partial charge on any atom is -0.379 e. The van der Waals surface area contributed by atoms with E-state index < -0.39 is 0 Å². The third-order valence-electron chi connectivity index (χ3n) is 3.46. The van der Waals surface area contributed by atoms with Crippen LogP contribution >= 0.6 is 28.1 Å². The second-order valence-electron chi connectivity index (χ2n) is 5.15. The summed E-state index contributed by atoms with van der Waals surface area (Å²) >= 11 is 8.81. The van der Waals surface area contributed by atoms with E-state index >= 15 is 0 Å². The number of rotatable bonds is 5. The molecule has 0 saturated carbocycles. The second kappa shape index (κ2) is 8.68. The zero-order valence-electron chi connectivity index (χ0n) is 12.3. The Morgan fingerprint density at radius 1 is 1.38 bits per heavy atom. The van der Waals surface area contributed by atoms with Crippen molar-refractivity contribution in [1.29, 1.82) is 0 Å². The van der Waals surface area contributed by atoms with Crippen molar-refractivity contribution in [1.82, 2.24) is 10.2 Å². The molecule has 0 amide bonds. The van der Waals surface area contributed by atoms with Gasteiger partial charge in [-0.2, -0.15) is 0 Å². The summed E-state index contributed by atoms with van der Waals surface area (Å²) in [6.45, 7) is 7.84. The molecule has 1 fully saturated rings. The van der Waals surface area contributed by atoms with Gasteiger partial charge in [0.1, 0.15) is 0 Å². The molecule has 0 aliphatic carbocycles. The van der Waals surface area contributed by atoms with Crippen LogP contribution in [0.4, 0.5) is 5.69 Å². The van der Waals surface area contributed by atoms with E-state index in [2.05, 4.69) is 44.5 Å². The van der Waals surface area contributed by atoms with Crippen molar-refractivity contribution >= 4 is 38.9 Å². The molecule has 2 rings (SSSR count). The van der Waals surface area contributed by atoms with Crippen LogP contribution in [-0.4, -0.2) is 49.4 Å². The van der Waals surface area contributed by atoms with E-state index in [1.54, 1.807) is 0 Å². The minimum atomic E-state index is 0.679. The van der Waals surface area contributed by atoms with Gasteiger partial charge in [-0.1, -0.05) is 15.9 Å². The van der Waals surface area contributed by atoms with Crippen LogP contribution in [0, 0.1) is 6.92 Å². The smallest absolute Gasteiger partial charge is 0.170 e. The van der Waals surface area contributed by atoms with E-state index in [-0.39, 0.29) is 0 Å². The highest BCUT2D eigenvalue weighted by atomic mass is 79.9. The lowest BCUT2D eigenvalue weighted by molar-refractivity contribution is 0.0376. The van der Waals surface area contributed by atoms with Crippen molar-refractivity contribution in [2.75, 3.05) is 44.7 Å². The van der Waals surface area contributed by atoms with E-state index in [9.17, 15) is 0 Å². The summed E-state index contributed by atoms with van der Waals surface area (Å²) in [4.78, 5) is 2.43. The summed E-state index contributed by atoms with van der Waals surface area (Å²) in [6, 6.07) is 6.11. The van der Waals surface area contributed by atoms with Gasteiger partial charge in [0.2, 0.25) is 0 Å². The predicted octanol–water partition coefficient (Wildman–Crippen LogP) is 2.77. The third-order valence-corrected chi connectivity index (χ3v) is 4.59. The summed E-state index contributed by atoms with van der Waals surface area (Å²) in [5.74, 6) is 0. The van der Waals surface area contributed by atoms with Gasteiger partial charge in [0.25, 0.3) is 0 Å². The maximum Gasteiger partial charge on any atom is 0.170 e. The molecular weight excluding hydrogens is 350 g/mol. The number of nitrogens with zero attached hydrogens (tertiary/aromatic N) is 1. The van der Waals surface area contributed by atoms with Gasteiger partial charge in [-0.3, -0.25) is 4.90 Å². The molecular formula is C15H22BrN3OS. The first-order chi connectivity index (χ1) is 10.1. The van der Waals surface area contributed by atoms with Crippen molar-refractivity contribution < 1.29 is 4.74 Å². The zero-order valence-corrected chi connectivity index (χ0v) is 14.7. The van der Waals surface area contributed by atoms with Crippen LogP contribution < -0.4 is 10.6 Å². The van der Waals surface area contributed by atoms with E-state index in [4.69, 9.17) is 17.0 Å². The molecule has 116 valence electrons. The number of thiocarbonyl (C=S) groups is 1. The summed E-state index contributed by atoms with van der Waals surface area (Å²) in [5, 5.41) is 7.15. The van der Waals surface area contributed by atoms with Crippen molar-refractivity contribution in [3.63, 3.8) is 0 Å². The molecule has 1 aliphatic heterocycles. The van der Waals surface area contributed by atoms with Crippen molar-refractivity contribution in [2.24, 2.45) is 0 Å². The first-order valence-corrected chi connectivity index (χ1v) is 8.46. The second-order valence-corrected chi connectivity index (χ2v) is 6.42. The molecule has 2 N–H and O–H groups in total. The van der Waals surface area contributed by atoms with E-state index in [1.807, 2.05) is 12.1 Å². The molecule has 1 aromatic carbocycles. The molecule has 1 heterocycles. The molecule has 21 heavy (non-hydrogen) atoms. The van der Waals surface area contributed by atoms with Gasteiger partial charge < -0.3 is 15.4 Å². The standard InChI is InChI=1S/C15H22BrN3OS/c1-12-11-13(3-4-14(12)16)18-15(21)17-5-2-6-19-7-9-20-10-8-19/h3-4,11H,2,5-10H2,1H3,(H2,17,18,21). The summed E-state index contributed by atoms with van der Waals surface area (Å²) in [5.41, 5.74) is 2.21. The Bertz CT molecular complexity index is 478. The highest BCUT2D eigenvalue weighted by Crippen LogP contribution is 2.19. The number of nitrogens with one attached hydrogen (secondary N) is 2. The number of anilines is 1. The van der Waals surface area contributed by atoms with Crippen LogP contribution in [0.5, 0.6) is 0 Å². The van der Waals surface area contributed by atoms with Gasteiger partial charge in [0, 0.05) is 29.8 Å². The Morgan fingerprint density at radius 2 is 2.14 bits per heavy atom. The van der Waals surface area contributed by atoms with Gasteiger partial charge in [-0.25, -0.2) is 0 Å². The highest BCUT2D eigenvalue weighted by Gasteiger charge is 2.09. The summed E-state index contributed by atoms with van der Waals surface area (Å²) < 4.78 is 6.45. The van der Waals surface area contributed by atoms with Crippen LogP contribution in [-0.2, 0) is 4.74 Å². The third kappa shape index (κ3) is 5.90. The van der Waals surface area contributed by atoms with Crippen molar-refractivity contribution in [2.45, 2.75) is 13.3 Å². The lowest BCUT2D eigenvalue weighted by atomic mass is 10.2. The first-order valence-electron chi connectivity index (χ1n) is 7.26. The average Bonchev–Trinajstić information content (AvgIpc) is 2.49. The quantitative estimate of drug-likeness (QED) is 0.614. The molecule has 0 aromatic heterocycles. The van der Waals surface area contributed by atoms with Gasteiger partial charge >= 0.3 is 0 Å². The number of morpholine rings is 1. The van der Waals surface area contributed by atoms with E-state index in [0.717, 1.165) is 56.0 Å². The fraction of sp³-hybridized carbons (Fsp3) is 0.533. The minimum absolute atomic E-state index is 0.679. The molecule has 1 aliphatic rings. The molecule has 0 spiro atoms. The Morgan fingerprint density at radius 3 is 2.86 bits per heavy atom. The largest absolute Gasteiger partial charge is 0.379 e. The van der Waals surface area contributed by atoms with Crippen LogP contribution in [0.25, 0.3) is 0 Å². The molecule has 0 bridgehead atoms. The van der Waals surface area contributed by atoms with Gasteiger partial charge in [0.05, 0.1) is 13.2 Å². The van der Waals surface area contributed by atoms with E-state index in [0.29, 0.717) is 5.11 Å². The van der Waals surface area contributed by atoms with Crippen LogP contribution in [0.3, 0.4) is 0 Å². The number of aryl methyl sites for hydroxylation is 1. The highest BCUT2D eigenvalue weighted by molar-refractivity contribution is 9.10. The van der Waals surface area contributed by atoms with E-state index in [1.165, 1.54) is 5.56 Å². The molecule has 1 aromatic rings. The zero-order chi connectivity index (χ0) is 15.1. The number of ether oxygens (including phenoxy) is 1. The Kier molecular flexibility index (Phi) is 6.89. The Balaban J connectivity index is 1.63. The first kappa shape index (κ1) is 16.7.